The van der Waals surface area contributed by atoms with Crippen molar-refractivity contribution in [3.8, 4) is 0 Å². The number of hydrogen-bond donors (Lipinski definition) is 1. The molecule has 6 nitrogen and oxygen atoms in total. The molecule has 1 atom stereocenters. The number of aliphatic imine (C=N–C) groups is 1. The molecule has 0 aliphatic carbocycles. The summed E-state index contributed by atoms with van der Waals surface area (Å²) in [6, 6.07) is 3.86. The van der Waals surface area contributed by atoms with Crippen molar-refractivity contribution in [3.05, 3.63) is 24.2 Å². The Balaban J connectivity index is 1.95. The number of amides is 1. The number of guanidine groups is 1. The van der Waals surface area contributed by atoms with E-state index in [4.69, 9.17) is 4.42 Å². The molecule has 0 saturated carbocycles. The molecule has 0 aromatic carbocycles. The maximum absolute atomic E-state index is 11.8. The summed E-state index contributed by atoms with van der Waals surface area (Å²) >= 11 is 0. The second-order valence-electron chi connectivity index (χ2n) is 6.38. The third kappa shape index (κ3) is 5.62. The number of furan rings is 1. The Morgan fingerprint density at radius 3 is 3.00 bits per heavy atom. The molecule has 1 aliphatic rings. The summed E-state index contributed by atoms with van der Waals surface area (Å²) in [5.74, 6) is 2.46. The average molecular weight is 320 g/mol. The molecule has 1 aromatic rings. The van der Waals surface area contributed by atoms with Crippen molar-refractivity contribution in [1.82, 2.24) is 15.1 Å². The van der Waals surface area contributed by atoms with Gasteiger partial charge in [0, 0.05) is 40.2 Å². The lowest BCUT2D eigenvalue weighted by Gasteiger charge is -2.33. The smallest absolute Gasteiger partial charge is 0.243 e. The Hall–Kier alpha value is -1.98. The molecule has 128 valence electrons. The number of likely N-dealkylation sites (N-methyl/N-ethyl adjacent to an activating group) is 1. The molecule has 1 N–H and O–H groups in total. The van der Waals surface area contributed by atoms with Crippen LogP contribution >= 0.6 is 0 Å². The Kier molecular flexibility index (Phi) is 6.50. The van der Waals surface area contributed by atoms with E-state index in [1.54, 1.807) is 25.3 Å². The van der Waals surface area contributed by atoms with Crippen LogP contribution in [-0.2, 0) is 11.2 Å². The second kappa shape index (κ2) is 8.60. The van der Waals surface area contributed by atoms with E-state index in [0.717, 1.165) is 37.8 Å². The van der Waals surface area contributed by atoms with E-state index in [0.29, 0.717) is 5.92 Å². The first-order chi connectivity index (χ1) is 11.1. The molecule has 0 bridgehead atoms. The molecule has 1 fully saturated rings. The van der Waals surface area contributed by atoms with Gasteiger partial charge < -0.3 is 19.5 Å². The number of rotatable bonds is 5. The van der Waals surface area contributed by atoms with Gasteiger partial charge in [-0.05, 0) is 30.9 Å². The van der Waals surface area contributed by atoms with Crippen molar-refractivity contribution >= 4 is 11.9 Å². The van der Waals surface area contributed by atoms with Crippen LogP contribution in [-0.4, -0.2) is 61.9 Å². The Labute approximate surface area is 138 Å². The lowest BCUT2D eigenvalue weighted by atomic mass is 10.0. The van der Waals surface area contributed by atoms with E-state index in [1.807, 2.05) is 12.1 Å². The quantitative estimate of drug-likeness (QED) is 0.661. The third-order valence-corrected chi connectivity index (χ3v) is 4.05. The maximum atomic E-state index is 11.8. The van der Waals surface area contributed by atoms with Crippen LogP contribution in [0.1, 0.15) is 25.5 Å². The fraction of sp³-hybridized carbons (Fsp3) is 0.647. The van der Waals surface area contributed by atoms with Crippen LogP contribution < -0.4 is 5.32 Å². The standard InChI is InChI=1S/C17H28N4O2/c1-14-6-4-10-21(13-14)17(19-12-16(22)20(2)3)18-9-8-15-7-5-11-23-15/h5,7,11,14H,4,6,8-10,12-13H2,1-3H3,(H,18,19). The molecule has 1 unspecified atom stereocenters. The number of piperidine rings is 1. The molecular formula is C17H28N4O2. The highest BCUT2D eigenvalue weighted by molar-refractivity contribution is 5.84. The number of nitrogens with one attached hydrogen (secondary N) is 1. The minimum atomic E-state index is 0.0143. The van der Waals surface area contributed by atoms with Crippen LogP contribution in [0.2, 0.25) is 0 Å². The first-order valence-electron chi connectivity index (χ1n) is 8.32. The van der Waals surface area contributed by atoms with Crippen molar-refractivity contribution in [2.45, 2.75) is 26.2 Å². The Bertz CT molecular complexity index is 511. The normalized spacial score (nSPS) is 18.8. The van der Waals surface area contributed by atoms with Gasteiger partial charge >= 0.3 is 0 Å². The van der Waals surface area contributed by atoms with Crippen molar-refractivity contribution < 1.29 is 9.21 Å². The SMILES string of the molecule is CC1CCCN(C(=NCC(=O)N(C)C)NCCc2ccco2)C1. The zero-order chi connectivity index (χ0) is 16.7. The van der Waals surface area contributed by atoms with Gasteiger partial charge in [-0.2, -0.15) is 0 Å². The molecule has 1 aliphatic heterocycles. The van der Waals surface area contributed by atoms with E-state index < -0.39 is 0 Å². The lowest BCUT2D eigenvalue weighted by molar-refractivity contribution is -0.127. The summed E-state index contributed by atoms with van der Waals surface area (Å²) in [5.41, 5.74) is 0. The van der Waals surface area contributed by atoms with Gasteiger partial charge in [-0.15, -0.1) is 0 Å². The predicted molar refractivity (Wildman–Crippen MR) is 91.4 cm³/mol. The number of nitrogens with zero attached hydrogens (tertiary/aromatic N) is 3. The van der Waals surface area contributed by atoms with Gasteiger partial charge in [0.2, 0.25) is 5.91 Å². The second-order valence-corrected chi connectivity index (χ2v) is 6.38. The molecule has 2 rings (SSSR count). The van der Waals surface area contributed by atoms with Gasteiger partial charge in [-0.25, -0.2) is 4.99 Å². The summed E-state index contributed by atoms with van der Waals surface area (Å²) in [6.07, 6.45) is 4.91. The van der Waals surface area contributed by atoms with Crippen LogP contribution in [0.25, 0.3) is 0 Å². The summed E-state index contributed by atoms with van der Waals surface area (Å²) in [4.78, 5) is 20.2. The van der Waals surface area contributed by atoms with Crippen molar-refractivity contribution in [1.29, 1.82) is 0 Å². The topological polar surface area (TPSA) is 61.1 Å². The van der Waals surface area contributed by atoms with E-state index >= 15 is 0 Å². The summed E-state index contributed by atoms with van der Waals surface area (Å²) in [7, 11) is 3.51. The summed E-state index contributed by atoms with van der Waals surface area (Å²) in [6.45, 7) is 5.17. The number of carbonyl (C=O) groups is 1. The molecule has 1 amide bonds. The van der Waals surface area contributed by atoms with E-state index in [9.17, 15) is 4.79 Å². The van der Waals surface area contributed by atoms with Gasteiger partial charge in [-0.3, -0.25) is 4.79 Å². The van der Waals surface area contributed by atoms with Gasteiger partial charge in [0.25, 0.3) is 0 Å². The van der Waals surface area contributed by atoms with E-state index in [2.05, 4.69) is 22.1 Å². The van der Waals surface area contributed by atoms with Crippen LogP contribution in [0.5, 0.6) is 0 Å². The highest BCUT2D eigenvalue weighted by Crippen LogP contribution is 2.15. The average Bonchev–Trinajstić information content (AvgIpc) is 3.03. The van der Waals surface area contributed by atoms with Crippen molar-refractivity contribution in [2.24, 2.45) is 10.9 Å². The minimum absolute atomic E-state index is 0.0143. The van der Waals surface area contributed by atoms with Crippen LogP contribution in [0, 0.1) is 5.92 Å². The molecule has 0 radical (unpaired) electrons. The first kappa shape index (κ1) is 17.4. The molecule has 2 heterocycles. The van der Waals surface area contributed by atoms with Gasteiger partial charge in [0.1, 0.15) is 12.3 Å². The monoisotopic (exact) mass is 320 g/mol. The fourth-order valence-corrected chi connectivity index (χ4v) is 2.69. The highest BCUT2D eigenvalue weighted by Gasteiger charge is 2.19. The van der Waals surface area contributed by atoms with Gasteiger partial charge in [-0.1, -0.05) is 6.92 Å². The van der Waals surface area contributed by atoms with E-state index in [-0.39, 0.29) is 12.5 Å². The zero-order valence-electron chi connectivity index (χ0n) is 14.4. The first-order valence-corrected chi connectivity index (χ1v) is 8.32. The number of carbonyl (C=O) groups excluding carboxylic acids is 1. The number of hydrogen-bond acceptors (Lipinski definition) is 3. The Morgan fingerprint density at radius 2 is 2.35 bits per heavy atom. The van der Waals surface area contributed by atoms with Crippen LogP contribution in [0.15, 0.2) is 27.8 Å². The molecule has 23 heavy (non-hydrogen) atoms. The molecule has 6 heteroatoms. The zero-order valence-corrected chi connectivity index (χ0v) is 14.4. The maximum Gasteiger partial charge on any atom is 0.243 e. The molecule has 1 saturated heterocycles. The van der Waals surface area contributed by atoms with Crippen LogP contribution in [0.4, 0.5) is 0 Å². The van der Waals surface area contributed by atoms with Crippen LogP contribution in [0.3, 0.4) is 0 Å². The third-order valence-electron chi connectivity index (χ3n) is 4.05. The van der Waals surface area contributed by atoms with Gasteiger partial charge in [0.15, 0.2) is 5.96 Å². The minimum Gasteiger partial charge on any atom is -0.469 e. The van der Waals surface area contributed by atoms with Gasteiger partial charge in [0.05, 0.1) is 6.26 Å². The molecule has 0 spiro atoms. The summed E-state index contributed by atoms with van der Waals surface area (Å²) in [5, 5.41) is 3.39. The highest BCUT2D eigenvalue weighted by atomic mass is 16.3. The largest absolute Gasteiger partial charge is 0.469 e. The van der Waals surface area contributed by atoms with Crippen molar-refractivity contribution in [3.63, 3.8) is 0 Å². The lowest BCUT2D eigenvalue weighted by Crippen LogP contribution is -2.47. The Morgan fingerprint density at radius 1 is 1.52 bits per heavy atom. The fourth-order valence-electron chi connectivity index (χ4n) is 2.69. The number of likely N-dealkylation sites (tertiary alicyclic amines) is 1. The van der Waals surface area contributed by atoms with Crippen molar-refractivity contribution in [2.75, 3.05) is 40.3 Å². The summed E-state index contributed by atoms with van der Waals surface area (Å²) < 4.78 is 5.35. The molecule has 1 aromatic heterocycles. The van der Waals surface area contributed by atoms with E-state index in [1.165, 1.54) is 12.8 Å². The predicted octanol–water partition coefficient (Wildman–Crippen LogP) is 1.59. The molecular weight excluding hydrogens is 292 g/mol.